The van der Waals surface area contributed by atoms with Crippen molar-refractivity contribution >= 4 is 0 Å². The maximum atomic E-state index is 6.07. The third-order valence-electron chi connectivity index (χ3n) is 3.76. The predicted molar refractivity (Wildman–Crippen MR) is 76.6 cm³/mol. The Labute approximate surface area is 111 Å². The van der Waals surface area contributed by atoms with Crippen molar-refractivity contribution < 1.29 is 4.74 Å². The molecular weight excluding hydrogens is 220 g/mol. The molecule has 0 aromatic heterocycles. The Kier molecular flexibility index (Phi) is 5.00. The van der Waals surface area contributed by atoms with E-state index in [2.05, 4.69) is 56.3 Å². The molecule has 1 saturated heterocycles. The first-order valence-electron chi connectivity index (χ1n) is 7.12. The van der Waals surface area contributed by atoms with Crippen LogP contribution < -0.4 is 0 Å². The van der Waals surface area contributed by atoms with E-state index in [-0.39, 0.29) is 0 Å². The van der Waals surface area contributed by atoms with Crippen LogP contribution in [0.4, 0.5) is 0 Å². The van der Waals surface area contributed by atoms with Crippen molar-refractivity contribution in [1.82, 2.24) is 0 Å². The Bertz CT molecular complexity index is 368. The molecule has 1 aliphatic heterocycles. The van der Waals surface area contributed by atoms with E-state index >= 15 is 0 Å². The highest BCUT2D eigenvalue weighted by molar-refractivity contribution is 5.14. The largest absolute Gasteiger partial charge is 0.371 e. The molecule has 0 saturated carbocycles. The second kappa shape index (κ2) is 6.75. The lowest BCUT2D eigenvalue weighted by Gasteiger charge is -2.11. The van der Waals surface area contributed by atoms with E-state index in [0.29, 0.717) is 18.1 Å². The van der Waals surface area contributed by atoms with E-state index in [1.165, 1.54) is 31.2 Å². The number of hydrogen-bond acceptors (Lipinski definition) is 1. The zero-order chi connectivity index (χ0) is 12.8. The highest BCUT2D eigenvalue weighted by atomic mass is 16.5. The smallest absolute Gasteiger partial charge is 0.0785 e. The van der Waals surface area contributed by atoms with Gasteiger partial charge in [0.05, 0.1) is 12.2 Å². The van der Waals surface area contributed by atoms with Crippen LogP contribution in [0.15, 0.2) is 42.5 Å². The Balaban J connectivity index is 1.72. The van der Waals surface area contributed by atoms with Crippen molar-refractivity contribution in [1.29, 1.82) is 0 Å². The van der Waals surface area contributed by atoms with Crippen LogP contribution in [0.1, 0.15) is 38.7 Å². The molecule has 0 aliphatic carbocycles. The van der Waals surface area contributed by atoms with Gasteiger partial charge < -0.3 is 4.74 Å². The van der Waals surface area contributed by atoms with Gasteiger partial charge in [0.2, 0.25) is 0 Å². The van der Waals surface area contributed by atoms with Gasteiger partial charge in [-0.2, -0.15) is 0 Å². The Hall–Kier alpha value is -1.08. The van der Waals surface area contributed by atoms with Crippen LogP contribution in [-0.4, -0.2) is 12.2 Å². The van der Waals surface area contributed by atoms with Gasteiger partial charge in [0.1, 0.15) is 0 Å². The van der Waals surface area contributed by atoms with Crippen molar-refractivity contribution in [3.05, 3.63) is 48.0 Å². The van der Waals surface area contributed by atoms with Crippen LogP contribution in [-0.2, 0) is 11.2 Å². The van der Waals surface area contributed by atoms with Crippen molar-refractivity contribution in [2.24, 2.45) is 5.92 Å². The second-order valence-electron chi connectivity index (χ2n) is 5.34. The zero-order valence-electron chi connectivity index (χ0n) is 11.5. The number of allylic oxidation sites excluding steroid dienone is 1. The molecule has 1 heteroatoms. The van der Waals surface area contributed by atoms with Gasteiger partial charge in [0.15, 0.2) is 0 Å². The third-order valence-corrected chi connectivity index (χ3v) is 3.76. The van der Waals surface area contributed by atoms with Gasteiger partial charge in [-0.1, -0.05) is 49.4 Å². The lowest BCUT2D eigenvalue weighted by molar-refractivity contribution is 0.0581. The first-order valence-corrected chi connectivity index (χ1v) is 7.12. The van der Waals surface area contributed by atoms with E-state index in [1.807, 2.05) is 0 Å². The quantitative estimate of drug-likeness (QED) is 0.698. The molecule has 0 amide bonds. The van der Waals surface area contributed by atoms with Gasteiger partial charge in [-0.3, -0.25) is 0 Å². The maximum absolute atomic E-state index is 6.07. The van der Waals surface area contributed by atoms with Crippen LogP contribution in [0.3, 0.4) is 0 Å². The van der Waals surface area contributed by atoms with Gasteiger partial charge in [0.25, 0.3) is 0 Å². The molecule has 0 unspecified atom stereocenters. The van der Waals surface area contributed by atoms with E-state index in [1.54, 1.807) is 0 Å². The Morgan fingerprint density at radius 3 is 2.78 bits per heavy atom. The van der Waals surface area contributed by atoms with Crippen LogP contribution in [0, 0.1) is 5.92 Å². The molecular formula is C17H24O. The minimum absolute atomic E-state index is 0.344. The summed E-state index contributed by atoms with van der Waals surface area (Å²) in [5, 5.41) is 0. The van der Waals surface area contributed by atoms with Crippen molar-refractivity contribution in [2.45, 2.75) is 51.7 Å². The first-order chi connectivity index (χ1) is 8.79. The summed E-state index contributed by atoms with van der Waals surface area (Å²) in [6.45, 7) is 4.36. The van der Waals surface area contributed by atoms with Gasteiger partial charge in [-0.05, 0) is 44.1 Å². The molecule has 0 bridgehead atoms. The average Bonchev–Trinajstić information content (AvgIpc) is 2.72. The minimum atomic E-state index is 0.344. The highest BCUT2D eigenvalue weighted by Crippen LogP contribution is 2.29. The number of hydrogen-bond donors (Lipinski definition) is 0. The van der Waals surface area contributed by atoms with Crippen LogP contribution in [0.25, 0.3) is 0 Å². The third kappa shape index (κ3) is 3.71. The molecule has 1 fully saturated rings. The highest BCUT2D eigenvalue weighted by Gasteiger charge is 2.29. The summed E-state index contributed by atoms with van der Waals surface area (Å²) in [5.74, 6) is 0.669. The molecule has 98 valence electrons. The molecule has 0 N–H and O–H groups in total. The van der Waals surface area contributed by atoms with E-state index in [4.69, 9.17) is 4.74 Å². The Morgan fingerprint density at radius 1 is 1.28 bits per heavy atom. The predicted octanol–water partition coefficient (Wildman–Crippen LogP) is 4.38. The number of aryl methyl sites for hydroxylation is 1. The van der Waals surface area contributed by atoms with Crippen molar-refractivity contribution in [3.8, 4) is 0 Å². The summed E-state index contributed by atoms with van der Waals surface area (Å²) in [4.78, 5) is 0. The van der Waals surface area contributed by atoms with Crippen molar-refractivity contribution in [2.75, 3.05) is 0 Å². The molecule has 0 radical (unpaired) electrons. The summed E-state index contributed by atoms with van der Waals surface area (Å²) in [6.07, 6.45) is 9.90. The topological polar surface area (TPSA) is 9.23 Å². The summed E-state index contributed by atoms with van der Waals surface area (Å²) >= 11 is 0. The fraction of sp³-hybridized carbons (Fsp3) is 0.529. The number of ether oxygens (including phenoxy) is 1. The first kappa shape index (κ1) is 13.4. The molecule has 18 heavy (non-hydrogen) atoms. The maximum Gasteiger partial charge on any atom is 0.0785 e. The summed E-state index contributed by atoms with van der Waals surface area (Å²) < 4.78 is 6.07. The number of rotatable bonds is 5. The standard InChI is InChI=1S/C17H24O/c1-3-8-17-14(2)13-16(18-17)12-7-11-15-9-5-4-6-10-15/h3-6,8-10,14,16-17H,7,11-13H2,1-2H3/b8-3+/t14-,16+,17+/m1/s1. The van der Waals surface area contributed by atoms with Crippen LogP contribution in [0.2, 0.25) is 0 Å². The Morgan fingerprint density at radius 2 is 2.06 bits per heavy atom. The van der Waals surface area contributed by atoms with E-state index in [0.717, 1.165) is 0 Å². The molecule has 2 rings (SSSR count). The lowest BCUT2D eigenvalue weighted by Crippen LogP contribution is -2.11. The lowest BCUT2D eigenvalue weighted by atomic mass is 9.98. The molecule has 1 heterocycles. The molecule has 1 nitrogen and oxygen atoms in total. The second-order valence-corrected chi connectivity index (χ2v) is 5.34. The van der Waals surface area contributed by atoms with Crippen LogP contribution >= 0.6 is 0 Å². The molecule has 1 aliphatic rings. The van der Waals surface area contributed by atoms with E-state index < -0.39 is 0 Å². The monoisotopic (exact) mass is 244 g/mol. The van der Waals surface area contributed by atoms with Gasteiger partial charge in [-0.15, -0.1) is 0 Å². The SMILES string of the molecule is C/C=C/[C@@H]1O[C@@H](CCCc2ccccc2)C[C@H]1C. The molecule has 1 aromatic carbocycles. The van der Waals surface area contributed by atoms with Crippen molar-refractivity contribution in [3.63, 3.8) is 0 Å². The summed E-state index contributed by atoms with van der Waals surface area (Å²) in [5.41, 5.74) is 1.44. The zero-order valence-corrected chi connectivity index (χ0v) is 11.5. The molecule has 1 aromatic rings. The normalized spacial score (nSPS) is 28.0. The van der Waals surface area contributed by atoms with Gasteiger partial charge in [0, 0.05) is 0 Å². The molecule has 3 atom stereocenters. The molecule has 0 spiro atoms. The average molecular weight is 244 g/mol. The van der Waals surface area contributed by atoms with Gasteiger partial charge in [-0.25, -0.2) is 0 Å². The van der Waals surface area contributed by atoms with Crippen LogP contribution in [0.5, 0.6) is 0 Å². The summed E-state index contributed by atoms with van der Waals surface area (Å²) in [6, 6.07) is 10.7. The fourth-order valence-corrected chi connectivity index (χ4v) is 2.75. The summed E-state index contributed by atoms with van der Waals surface area (Å²) in [7, 11) is 0. The van der Waals surface area contributed by atoms with E-state index in [9.17, 15) is 0 Å². The minimum Gasteiger partial charge on any atom is -0.371 e. The van der Waals surface area contributed by atoms with Gasteiger partial charge >= 0.3 is 0 Å². The number of benzene rings is 1. The fourth-order valence-electron chi connectivity index (χ4n) is 2.75.